The Hall–Kier alpha value is -2.05. The number of halogens is 1. The van der Waals surface area contributed by atoms with Gasteiger partial charge in [-0.2, -0.15) is 0 Å². The Balaban J connectivity index is 0.00000261. The lowest BCUT2D eigenvalue weighted by molar-refractivity contribution is -0.121. The summed E-state index contributed by atoms with van der Waals surface area (Å²) in [5.74, 6) is 1.60. The highest BCUT2D eigenvalue weighted by atomic mass is 35.5. The van der Waals surface area contributed by atoms with E-state index in [9.17, 15) is 4.79 Å². The summed E-state index contributed by atoms with van der Waals surface area (Å²) in [7, 11) is 0. The highest BCUT2D eigenvalue weighted by Crippen LogP contribution is 2.19. The number of rotatable bonds is 6. The van der Waals surface area contributed by atoms with E-state index in [2.05, 4.69) is 10.5 Å². The summed E-state index contributed by atoms with van der Waals surface area (Å²) in [6.45, 7) is 4.20. The fourth-order valence-corrected chi connectivity index (χ4v) is 3.29. The van der Waals surface area contributed by atoms with Gasteiger partial charge in [-0.1, -0.05) is 17.3 Å². The predicted molar refractivity (Wildman–Crippen MR) is 106 cm³/mol. The Kier molecular flexibility index (Phi) is 7.68. The molecule has 1 amide bonds. The number of aromatic nitrogens is 1. The molecule has 1 aliphatic rings. The lowest BCUT2D eigenvalue weighted by Crippen LogP contribution is -2.41. The van der Waals surface area contributed by atoms with Crippen molar-refractivity contribution in [1.29, 1.82) is 0 Å². The molecule has 0 atom stereocenters. The van der Waals surface area contributed by atoms with E-state index in [-0.39, 0.29) is 24.4 Å². The Bertz CT molecular complexity index is 718. The molecule has 2 aromatic rings. The molecule has 0 bridgehead atoms. The molecule has 6 nitrogen and oxygen atoms in total. The van der Waals surface area contributed by atoms with Crippen molar-refractivity contribution in [3.05, 3.63) is 46.8 Å². The van der Waals surface area contributed by atoms with Crippen LogP contribution >= 0.6 is 12.4 Å². The number of aryl methyl sites for hydroxylation is 2. The second kappa shape index (κ2) is 9.76. The highest BCUT2D eigenvalue weighted by Gasteiger charge is 2.20. The Morgan fingerprint density at radius 2 is 1.89 bits per heavy atom. The van der Waals surface area contributed by atoms with Gasteiger partial charge in [0.1, 0.15) is 18.1 Å². The maximum atomic E-state index is 12.2. The van der Waals surface area contributed by atoms with Crippen LogP contribution < -0.4 is 15.8 Å². The molecule has 27 heavy (non-hydrogen) atoms. The summed E-state index contributed by atoms with van der Waals surface area (Å²) in [4.78, 5) is 12.2. The van der Waals surface area contributed by atoms with E-state index < -0.39 is 0 Å². The van der Waals surface area contributed by atoms with E-state index >= 15 is 0 Å². The molecule has 3 N–H and O–H groups in total. The third-order valence-corrected chi connectivity index (χ3v) is 4.99. The molecule has 1 fully saturated rings. The third kappa shape index (κ3) is 5.97. The summed E-state index contributed by atoms with van der Waals surface area (Å²) >= 11 is 0. The van der Waals surface area contributed by atoms with Crippen LogP contribution in [0, 0.1) is 13.8 Å². The lowest BCUT2D eigenvalue weighted by atomic mass is 9.91. The van der Waals surface area contributed by atoms with E-state index in [0.717, 1.165) is 54.0 Å². The average molecular weight is 394 g/mol. The molecule has 0 saturated heterocycles. The van der Waals surface area contributed by atoms with Crippen LogP contribution in [0.4, 0.5) is 0 Å². The lowest BCUT2D eigenvalue weighted by Gasteiger charge is -2.26. The number of carbonyl (C=O) groups is 1. The predicted octanol–water partition coefficient (Wildman–Crippen LogP) is 3.22. The average Bonchev–Trinajstić information content (AvgIpc) is 2.94. The van der Waals surface area contributed by atoms with Crippen LogP contribution in [0.15, 0.2) is 28.8 Å². The Morgan fingerprint density at radius 3 is 2.48 bits per heavy atom. The van der Waals surface area contributed by atoms with Crippen molar-refractivity contribution in [2.24, 2.45) is 5.73 Å². The summed E-state index contributed by atoms with van der Waals surface area (Å²) < 4.78 is 10.9. The number of hydrogen-bond acceptors (Lipinski definition) is 5. The summed E-state index contributed by atoms with van der Waals surface area (Å²) in [6.07, 6.45) is 4.31. The van der Waals surface area contributed by atoms with E-state index in [1.165, 1.54) is 0 Å². The molecule has 3 rings (SSSR count). The molecular formula is C20H28ClN3O3. The number of nitrogens with one attached hydrogen (secondary N) is 1. The maximum absolute atomic E-state index is 12.2. The standard InChI is InChI=1S/C20H27N3O3.ClH/c1-13-19(14(2)26-23-13)12-25-18-9-3-15(4-10-18)11-20(24)22-17-7-5-16(21)6-8-17;/h3-4,9-10,16-17H,5-8,11-12,21H2,1-2H3,(H,22,24);1H. The first-order valence-electron chi connectivity index (χ1n) is 9.19. The molecule has 1 saturated carbocycles. The number of ether oxygens (including phenoxy) is 1. The number of amides is 1. The molecule has 1 aromatic heterocycles. The number of nitrogens with two attached hydrogens (primary N) is 1. The monoisotopic (exact) mass is 393 g/mol. The summed E-state index contributed by atoms with van der Waals surface area (Å²) in [5, 5.41) is 7.04. The Morgan fingerprint density at radius 1 is 1.22 bits per heavy atom. The van der Waals surface area contributed by atoms with Gasteiger partial charge >= 0.3 is 0 Å². The molecule has 0 aliphatic heterocycles. The number of nitrogens with zero attached hydrogens (tertiary/aromatic N) is 1. The zero-order valence-electron chi connectivity index (χ0n) is 15.9. The topological polar surface area (TPSA) is 90.4 Å². The molecule has 0 spiro atoms. The van der Waals surface area contributed by atoms with Crippen LogP contribution in [0.5, 0.6) is 5.75 Å². The van der Waals surface area contributed by atoms with Gasteiger partial charge in [0.15, 0.2) is 0 Å². The normalized spacial score (nSPS) is 19.2. The van der Waals surface area contributed by atoms with E-state index in [1.54, 1.807) is 0 Å². The summed E-state index contributed by atoms with van der Waals surface area (Å²) in [6, 6.07) is 8.19. The van der Waals surface area contributed by atoms with Gasteiger partial charge < -0.3 is 20.3 Å². The van der Waals surface area contributed by atoms with Crippen LogP contribution in [0.1, 0.15) is 48.3 Å². The Labute approximate surface area is 166 Å². The van der Waals surface area contributed by atoms with Gasteiger partial charge in [-0.15, -0.1) is 12.4 Å². The first kappa shape index (κ1) is 21.3. The van der Waals surface area contributed by atoms with Crippen molar-refractivity contribution in [3.63, 3.8) is 0 Å². The second-order valence-electron chi connectivity index (χ2n) is 7.09. The van der Waals surface area contributed by atoms with E-state index in [1.807, 2.05) is 38.1 Å². The number of hydrogen-bond donors (Lipinski definition) is 2. The smallest absolute Gasteiger partial charge is 0.224 e. The van der Waals surface area contributed by atoms with Gasteiger partial charge in [-0.05, 0) is 57.2 Å². The van der Waals surface area contributed by atoms with Gasteiger partial charge in [-0.25, -0.2) is 0 Å². The molecule has 1 aliphatic carbocycles. The van der Waals surface area contributed by atoms with E-state index in [4.69, 9.17) is 15.0 Å². The molecule has 0 radical (unpaired) electrons. The molecular weight excluding hydrogens is 366 g/mol. The van der Waals surface area contributed by atoms with Crippen LogP contribution in [0.3, 0.4) is 0 Å². The molecule has 1 aromatic carbocycles. The van der Waals surface area contributed by atoms with Gasteiger partial charge in [-0.3, -0.25) is 4.79 Å². The molecule has 148 valence electrons. The second-order valence-corrected chi connectivity index (χ2v) is 7.09. The van der Waals surface area contributed by atoms with Crippen molar-refractivity contribution >= 4 is 18.3 Å². The zero-order chi connectivity index (χ0) is 18.5. The van der Waals surface area contributed by atoms with Gasteiger partial charge in [0, 0.05) is 12.1 Å². The van der Waals surface area contributed by atoms with Crippen molar-refractivity contribution in [2.75, 3.05) is 0 Å². The van der Waals surface area contributed by atoms with E-state index in [0.29, 0.717) is 19.1 Å². The molecule has 7 heteroatoms. The van der Waals surface area contributed by atoms with Crippen LogP contribution in [-0.2, 0) is 17.8 Å². The zero-order valence-corrected chi connectivity index (χ0v) is 16.7. The minimum Gasteiger partial charge on any atom is -0.489 e. The fourth-order valence-electron chi connectivity index (χ4n) is 3.29. The van der Waals surface area contributed by atoms with Gasteiger partial charge in [0.25, 0.3) is 0 Å². The first-order valence-corrected chi connectivity index (χ1v) is 9.19. The van der Waals surface area contributed by atoms with Crippen LogP contribution in [0.2, 0.25) is 0 Å². The largest absolute Gasteiger partial charge is 0.489 e. The van der Waals surface area contributed by atoms with Crippen molar-refractivity contribution < 1.29 is 14.1 Å². The minimum absolute atomic E-state index is 0. The highest BCUT2D eigenvalue weighted by molar-refractivity contribution is 5.85. The number of carbonyl (C=O) groups excluding carboxylic acids is 1. The van der Waals surface area contributed by atoms with Gasteiger partial charge in [0.2, 0.25) is 5.91 Å². The molecule has 1 heterocycles. The minimum atomic E-state index is 0. The van der Waals surface area contributed by atoms with Gasteiger partial charge in [0.05, 0.1) is 17.7 Å². The third-order valence-electron chi connectivity index (χ3n) is 4.99. The SMILES string of the molecule is Cc1noc(C)c1COc1ccc(CC(=O)NC2CCC(N)CC2)cc1.Cl. The van der Waals surface area contributed by atoms with Crippen LogP contribution in [-0.4, -0.2) is 23.1 Å². The van der Waals surface area contributed by atoms with Crippen molar-refractivity contribution in [1.82, 2.24) is 10.5 Å². The van der Waals surface area contributed by atoms with Crippen LogP contribution in [0.25, 0.3) is 0 Å². The fraction of sp³-hybridized carbons (Fsp3) is 0.500. The first-order chi connectivity index (χ1) is 12.5. The van der Waals surface area contributed by atoms with Crippen molar-refractivity contribution in [3.8, 4) is 5.75 Å². The quantitative estimate of drug-likeness (QED) is 0.786. The molecule has 0 unspecified atom stereocenters. The summed E-state index contributed by atoms with van der Waals surface area (Å²) in [5.41, 5.74) is 8.70. The number of benzene rings is 1. The maximum Gasteiger partial charge on any atom is 0.224 e. The van der Waals surface area contributed by atoms with Crippen molar-refractivity contribution in [2.45, 2.75) is 64.6 Å².